The molecule has 4 saturated carbocycles. The number of alkyl carbamates (subject to hydrolysis) is 2. The Morgan fingerprint density at radius 1 is 0.508 bits per heavy atom. The minimum atomic E-state index is -2.49. The Bertz CT molecular complexity index is 5000. The van der Waals surface area contributed by atoms with Crippen LogP contribution in [0.1, 0.15) is 187 Å². The highest BCUT2D eigenvalue weighted by Crippen LogP contribution is 2.67. The van der Waals surface area contributed by atoms with Crippen LogP contribution < -0.4 is 10.6 Å². The molecule has 4 bridgehead atoms. The van der Waals surface area contributed by atoms with Crippen molar-refractivity contribution in [1.29, 1.82) is 0 Å². The molecule has 130 heavy (non-hydrogen) atoms. The van der Waals surface area contributed by atoms with Gasteiger partial charge < -0.3 is 108 Å². The normalized spacial score (nSPS) is 31.5. The van der Waals surface area contributed by atoms with Crippen molar-refractivity contribution in [2.75, 3.05) is 26.4 Å². The molecular formula is C93H113Cl3N2O32. The molecule has 2 heterocycles. The first-order valence-electron chi connectivity index (χ1n) is 42.5. The van der Waals surface area contributed by atoms with Crippen molar-refractivity contribution in [3.8, 4) is 0 Å². The number of esters is 6. The smallest absolute Gasteiger partial charge is 0.456 e. The summed E-state index contributed by atoms with van der Waals surface area (Å²) in [5.41, 5.74) is -17.8. The SMILES string of the molecule is CC(=O)O[C@@]12CO[C@@H]1C[C@H](O)[C@@]1(C)C(=O)[C@H](OC(=O)OCC(Cl)Cl)C3=C(C)[C@@H](OC(=O)C(O)[C@@H](NC(=O)OC(C)(C)C)c4ccccc4)C[C@@](O)([C@@H](OC(=O)c4ccccc4)C12)C3(C)C.CC(=O)O[C@@]12CO[C@@H]1C[C@H](OC(=O)OCC(C)Cl)[C@@]1(C)C(=O)[C@H](O)C3=C(C)[C@@H](OC(=O)C(O)[C@@H](NC(=O)OC(C)(C)C)c4ccccc4)C[C@@](O)([C@@H](OC(=O)c4ccccc4)C12)C3(C)C. The first-order chi connectivity index (χ1) is 60.6. The van der Waals surface area contributed by atoms with E-state index in [-0.39, 0.29) is 71.6 Å². The molecule has 4 aromatic rings. The van der Waals surface area contributed by atoms with Gasteiger partial charge in [0.05, 0.1) is 70.6 Å². The summed E-state index contributed by atoms with van der Waals surface area (Å²) in [6.45, 7) is 23.7. The quantitative estimate of drug-likeness (QED) is 0.0157. The third-order valence-electron chi connectivity index (χ3n) is 26.3. The fraction of sp³-hybridized carbons (Fsp3) is 0.570. The molecular weight excluding hydrogens is 1760 g/mol. The maximum absolute atomic E-state index is 15.7. The van der Waals surface area contributed by atoms with Gasteiger partial charge in [0.25, 0.3) is 0 Å². The number of ketones is 2. The lowest BCUT2D eigenvalue weighted by Crippen LogP contribution is -2.82. The van der Waals surface area contributed by atoms with Crippen LogP contribution in [-0.2, 0) is 95.1 Å². The largest absolute Gasteiger partial charge is 0.509 e. The lowest BCUT2D eigenvalue weighted by atomic mass is 9.44. The zero-order valence-corrected chi connectivity index (χ0v) is 77.3. The molecule has 8 N–H and O–H groups in total. The van der Waals surface area contributed by atoms with Crippen LogP contribution in [0.25, 0.3) is 0 Å². The molecule has 12 rings (SSSR count). The third kappa shape index (κ3) is 19.5. The van der Waals surface area contributed by atoms with Crippen molar-refractivity contribution in [2.24, 2.45) is 33.5 Å². The van der Waals surface area contributed by atoms with Crippen LogP contribution in [-0.4, -0.2) is 246 Å². The number of amides is 2. The minimum Gasteiger partial charge on any atom is -0.456 e. The number of rotatable bonds is 22. The summed E-state index contributed by atoms with van der Waals surface area (Å²) in [7, 11) is 0. The van der Waals surface area contributed by atoms with E-state index in [9.17, 15) is 78.6 Å². The van der Waals surface area contributed by atoms with E-state index in [1.807, 2.05) is 0 Å². The van der Waals surface area contributed by atoms with Gasteiger partial charge in [0.1, 0.15) is 89.3 Å². The Morgan fingerprint density at radius 3 is 1.27 bits per heavy atom. The fourth-order valence-electron chi connectivity index (χ4n) is 19.9. The van der Waals surface area contributed by atoms with Gasteiger partial charge in [-0.15, -0.1) is 34.8 Å². The third-order valence-corrected chi connectivity index (χ3v) is 26.7. The Kier molecular flexibility index (Phi) is 29.7. The number of ether oxygens (including phenoxy) is 14. The summed E-state index contributed by atoms with van der Waals surface area (Å²) in [5, 5.41) is 80.0. The first kappa shape index (κ1) is 101. The lowest BCUT2D eigenvalue weighted by molar-refractivity contribution is -0.346. The summed E-state index contributed by atoms with van der Waals surface area (Å²) in [6, 6.07) is 28.7. The molecule has 23 atom stereocenters. The van der Waals surface area contributed by atoms with Crippen molar-refractivity contribution in [3.63, 3.8) is 0 Å². The van der Waals surface area contributed by atoms with Gasteiger partial charge in [-0.3, -0.25) is 19.2 Å². The Hall–Kier alpha value is -9.85. The fourth-order valence-corrected chi connectivity index (χ4v) is 20.1. The van der Waals surface area contributed by atoms with E-state index in [4.69, 9.17) is 101 Å². The average Bonchev–Trinajstić information content (AvgIpc) is 0.670. The first-order valence-corrected chi connectivity index (χ1v) is 43.8. The number of nitrogens with one attached hydrogen (secondary N) is 2. The van der Waals surface area contributed by atoms with E-state index in [2.05, 4.69) is 10.6 Å². The van der Waals surface area contributed by atoms with Crippen molar-refractivity contribution in [3.05, 3.63) is 166 Å². The van der Waals surface area contributed by atoms with Crippen molar-refractivity contribution >= 4 is 107 Å². The number of hydrogen-bond acceptors (Lipinski definition) is 32. The zero-order chi connectivity index (χ0) is 96.1. The number of Topliss-reactive ketones (excluding diaryl/α,β-unsaturated/α-hetero) is 2. The van der Waals surface area contributed by atoms with E-state index in [1.54, 1.807) is 146 Å². The molecule has 37 heteroatoms. The highest BCUT2D eigenvalue weighted by molar-refractivity contribution is 6.44. The number of carbonyl (C=O) groups is 12. The standard InChI is InChI=1S/C47H58ClNO16.C46H55Cl2NO16/c1-24(48)22-59-42(57)62-30-20-31-46(23-60-31,64-26(3)50)36-38(63-39(54)28-18-14-11-15-19-28)47(58)21-29(25(2)32(44(47,7)8)34(51)37(53)45(30,36)9)61-40(55)35(52)33(27-16-12-10-13-17-27)49-41(56)65-43(4,5)6;1-23-27(61-39(55)33(52)32(25-15-11-9-12-16-25)49-40(56)65-42(3,4)5)20-46(58)37(63-38(54)26-17-13-10-14-18-26)35-44(8,28(51)19-29-45(35,22-60-29)64-24(2)50)36(53)34(31(23)43(46,6)7)62-41(57)59-21-30(47)48/h10-19,24,29-31,33-36,38,51-52,58H,20-23H2,1-9H3,(H,49,56);9-18,27-30,32-35,37,51-52,58H,19-22H2,1-8H3,(H,49,56)/t24?,29-,30-,31+,33-,34+,35?,36?,38-,45+,46-,47+;27-,28-,29+,32-,33?,34+,35?,37-,44+,45-,46+/m00/s1. The predicted molar refractivity (Wildman–Crippen MR) is 458 cm³/mol. The van der Waals surface area contributed by atoms with Crippen LogP contribution in [0.5, 0.6) is 0 Å². The number of alkyl halides is 3. The number of fused-ring (bicyclic) bond motifs is 10. The second-order valence-electron chi connectivity index (χ2n) is 37.6. The van der Waals surface area contributed by atoms with Crippen LogP contribution in [0.3, 0.4) is 0 Å². The molecule has 4 aromatic carbocycles. The number of hydrogen-bond donors (Lipinski definition) is 8. The van der Waals surface area contributed by atoms with Crippen LogP contribution in [0.4, 0.5) is 19.2 Å². The molecule has 2 aliphatic heterocycles. The molecule has 6 fully saturated rings. The molecule has 0 aromatic heterocycles. The molecule has 8 aliphatic rings. The van der Waals surface area contributed by atoms with Crippen molar-refractivity contribution < 1.29 is 154 Å². The van der Waals surface area contributed by atoms with Gasteiger partial charge in [-0.05, 0) is 134 Å². The average molecular weight is 1880 g/mol. The number of aliphatic hydroxyl groups excluding tert-OH is 4. The molecule has 2 saturated heterocycles. The van der Waals surface area contributed by atoms with Gasteiger partial charge in [-0.2, -0.15) is 0 Å². The van der Waals surface area contributed by atoms with Gasteiger partial charge in [0, 0.05) is 50.4 Å². The van der Waals surface area contributed by atoms with E-state index in [1.165, 1.54) is 79.7 Å². The van der Waals surface area contributed by atoms with E-state index < -0.39 is 254 Å². The minimum absolute atomic E-state index is 0.0300. The number of halogens is 3. The molecule has 708 valence electrons. The van der Waals surface area contributed by atoms with E-state index in [0.29, 0.717) is 5.56 Å². The van der Waals surface area contributed by atoms with Crippen molar-refractivity contribution in [2.45, 2.75) is 273 Å². The summed E-state index contributed by atoms with van der Waals surface area (Å²) in [6.07, 6.45) is -27.0. The Morgan fingerprint density at radius 2 is 0.885 bits per heavy atom. The summed E-state index contributed by atoms with van der Waals surface area (Å²) < 4.78 is 81.8. The molecule has 0 spiro atoms. The molecule has 5 unspecified atom stereocenters. The van der Waals surface area contributed by atoms with Crippen LogP contribution in [0.15, 0.2) is 144 Å². The summed E-state index contributed by atoms with van der Waals surface area (Å²) in [4.78, 5) is 166. The lowest BCUT2D eigenvalue weighted by Gasteiger charge is -2.67. The van der Waals surface area contributed by atoms with Crippen molar-refractivity contribution in [1.82, 2.24) is 10.6 Å². The number of aliphatic hydroxyl groups is 6. The second kappa shape index (κ2) is 38.4. The van der Waals surface area contributed by atoms with Crippen LogP contribution in [0.2, 0.25) is 0 Å². The summed E-state index contributed by atoms with van der Waals surface area (Å²) >= 11 is 17.7. The van der Waals surface area contributed by atoms with Gasteiger partial charge in [-0.1, -0.05) is 125 Å². The molecule has 2 amide bonds. The second-order valence-corrected chi connectivity index (χ2v) is 39.6. The van der Waals surface area contributed by atoms with Gasteiger partial charge >= 0.3 is 60.3 Å². The topological polar surface area (TPSA) is 480 Å². The van der Waals surface area contributed by atoms with Gasteiger partial charge in [0.2, 0.25) is 0 Å². The monoisotopic (exact) mass is 1870 g/mol. The Labute approximate surface area is 766 Å². The Balaban J connectivity index is 0.000000251. The number of benzene rings is 4. The van der Waals surface area contributed by atoms with Crippen LogP contribution >= 0.6 is 34.8 Å². The van der Waals surface area contributed by atoms with E-state index >= 15 is 9.59 Å². The maximum Gasteiger partial charge on any atom is 0.509 e. The molecule has 0 radical (unpaired) electrons. The molecule has 6 aliphatic carbocycles. The van der Waals surface area contributed by atoms with E-state index in [0.717, 1.165) is 13.8 Å². The summed E-state index contributed by atoms with van der Waals surface area (Å²) in [5.74, 6) is -11.4. The highest BCUT2D eigenvalue weighted by Gasteiger charge is 2.81. The molecule has 34 nitrogen and oxygen atoms in total. The van der Waals surface area contributed by atoms with Gasteiger partial charge in [-0.25, -0.2) is 38.4 Å². The van der Waals surface area contributed by atoms with Gasteiger partial charge in [0.15, 0.2) is 41.1 Å². The number of carbonyl (C=O) groups excluding carboxylic acids is 12. The highest BCUT2D eigenvalue weighted by atomic mass is 35.5. The zero-order valence-electron chi connectivity index (χ0n) is 75.0. The van der Waals surface area contributed by atoms with Crippen LogP contribution in [0, 0.1) is 33.5 Å². The maximum atomic E-state index is 15.7. The predicted octanol–water partition coefficient (Wildman–Crippen LogP) is 10.3.